The van der Waals surface area contributed by atoms with E-state index in [9.17, 15) is 27.2 Å². The summed E-state index contributed by atoms with van der Waals surface area (Å²) < 4.78 is 73.0. The third kappa shape index (κ3) is 8.59. The molecule has 5 aromatic rings. The van der Waals surface area contributed by atoms with Gasteiger partial charge >= 0.3 is 10.2 Å². The van der Waals surface area contributed by atoms with Crippen molar-refractivity contribution < 1.29 is 36.0 Å². The largest absolute Gasteiger partial charge is 0.372 e. The molecule has 16 heteroatoms. The second-order valence-corrected chi connectivity index (χ2v) is 18.6. The number of hydrogen-bond acceptors (Lipinski definition) is 9. The standard InChI is InChI=1S/C46H48F3N7O5S/c47-33-14-17-56(28-33)62(60,61)52-41-11-10-40(48)43(44(41)49)45(59)39-26-51-46-38(39)23-32(25-50-46)30-4-6-34(7-5-30)54-15-12-29(13-16-54)27-53-18-20-55(21-19-53)35-3-1-2-31(22-35)37-9-8-36(57)24-42(37)58/h1-7,10-11,22-23,25-26,29,33,37,52H,8-9,12-21,24,27-28H2,(H,50,51)/t33-,37?/m1/s1. The zero-order valence-corrected chi connectivity index (χ0v) is 35.0. The van der Waals surface area contributed by atoms with Gasteiger partial charge in [-0.25, -0.2) is 18.2 Å². The summed E-state index contributed by atoms with van der Waals surface area (Å²) in [6, 6.07) is 19.8. The Morgan fingerprint density at radius 1 is 0.839 bits per heavy atom. The predicted octanol–water partition coefficient (Wildman–Crippen LogP) is 6.88. The third-order valence-corrected chi connectivity index (χ3v) is 14.4. The van der Waals surface area contributed by atoms with Crippen LogP contribution in [0.4, 0.5) is 30.2 Å². The predicted molar refractivity (Wildman–Crippen MR) is 232 cm³/mol. The number of hydrogen-bond donors (Lipinski definition) is 2. The topological polar surface area (TPSA) is 139 Å². The molecule has 62 heavy (non-hydrogen) atoms. The van der Waals surface area contributed by atoms with E-state index in [2.05, 4.69) is 48.9 Å². The van der Waals surface area contributed by atoms with E-state index in [4.69, 9.17) is 0 Å². The first-order valence-electron chi connectivity index (χ1n) is 21.3. The van der Waals surface area contributed by atoms with E-state index in [-0.39, 0.29) is 49.0 Å². The Hall–Kier alpha value is -5.58. The van der Waals surface area contributed by atoms with Gasteiger partial charge in [0.2, 0.25) is 5.78 Å². The third-order valence-electron chi connectivity index (χ3n) is 12.9. The van der Waals surface area contributed by atoms with E-state index < -0.39 is 45.0 Å². The maximum Gasteiger partial charge on any atom is 0.301 e. The Labute approximate surface area is 358 Å². The van der Waals surface area contributed by atoms with Gasteiger partial charge in [-0.2, -0.15) is 12.7 Å². The second-order valence-electron chi connectivity index (χ2n) is 16.9. The first kappa shape index (κ1) is 41.8. The number of rotatable bonds is 11. The van der Waals surface area contributed by atoms with Crippen molar-refractivity contribution in [2.75, 3.05) is 73.4 Å². The van der Waals surface area contributed by atoms with Crippen molar-refractivity contribution in [3.63, 3.8) is 0 Å². The molecule has 5 heterocycles. The number of nitrogens with zero attached hydrogens (tertiary/aromatic N) is 5. The van der Waals surface area contributed by atoms with Crippen molar-refractivity contribution >= 4 is 55.7 Å². The first-order valence-corrected chi connectivity index (χ1v) is 22.7. The highest BCUT2D eigenvalue weighted by Gasteiger charge is 2.34. The van der Waals surface area contributed by atoms with Crippen LogP contribution in [-0.2, 0) is 19.8 Å². The number of anilines is 3. The van der Waals surface area contributed by atoms with E-state index in [0.29, 0.717) is 35.4 Å². The summed E-state index contributed by atoms with van der Waals surface area (Å²) in [6.07, 6.45) is 4.95. The van der Waals surface area contributed by atoms with Crippen LogP contribution in [0.5, 0.6) is 0 Å². The van der Waals surface area contributed by atoms with Gasteiger partial charge in [0.05, 0.1) is 17.7 Å². The molecule has 0 amide bonds. The van der Waals surface area contributed by atoms with Gasteiger partial charge in [0, 0.05) is 112 Å². The SMILES string of the molecule is O=C1CCC(c2cccc(N3CCN(CC4CCN(c5ccc(-c6cnc7[nH]cc(C(=O)c8c(F)ccc(NS(=O)(=O)N9CC[C@@H](F)C9)c8F)c7c6)cc5)CC4)CC3)c2)C(=O)C1. The number of carbonyl (C=O) groups excluding carboxylic acids is 3. The monoisotopic (exact) mass is 867 g/mol. The van der Waals surface area contributed by atoms with Crippen molar-refractivity contribution in [3.05, 3.63) is 107 Å². The number of nitrogens with one attached hydrogen (secondary N) is 2. The lowest BCUT2D eigenvalue weighted by atomic mass is 9.82. The lowest BCUT2D eigenvalue weighted by Crippen LogP contribution is -2.49. The zero-order chi connectivity index (χ0) is 43.1. The lowest BCUT2D eigenvalue weighted by Gasteiger charge is -2.40. The number of aromatic amines is 1. The Kier molecular flexibility index (Phi) is 11.6. The summed E-state index contributed by atoms with van der Waals surface area (Å²) in [5, 5.41) is 0.345. The van der Waals surface area contributed by atoms with Crippen LogP contribution in [0.3, 0.4) is 0 Å². The molecular formula is C46H48F3N7O5S. The maximum atomic E-state index is 15.7. The molecule has 1 aliphatic carbocycles. The van der Waals surface area contributed by atoms with Crippen LogP contribution in [0, 0.1) is 17.6 Å². The molecular weight excluding hydrogens is 820 g/mol. The zero-order valence-electron chi connectivity index (χ0n) is 34.2. The van der Waals surface area contributed by atoms with E-state index in [0.717, 1.165) is 97.6 Å². The molecule has 2 N–H and O–H groups in total. The summed E-state index contributed by atoms with van der Waals surface area (Å²) in [6.45, 7) is 6.29. The summed E-state index contributed by atoms with van der Waals surface area (Å²) in [5.41, 5.74) is 3.56. The molecule has 324 valence electrons. The molecule has 0 radical (unpaired) electrons. The molecule has 1 saturated carbocycles. The van der Waals surface area contributed by atoms with Gasteiger partial charge in [-0.3, -0.25) is 24.0 Å². The lowest BCUT2D eigenvalue weighted by molar-refractivity contribution is -0.130. The minimum atomic E-state index is -4.35. The number of alkyl halides is 1. The van der Waals surface area contributed by atoms with Crippen molar-refractivity contribution in [3.8, 4) is 11.1 Å². The molecule has 3 aliphatic heterocycles. The van der Waals surface area contributed by atoms with Gasteiger partial charge < -0.3 is 14.8 Å². The van der Waals surface area contributed by atoms with Crippen LogP contribution in [0.2, 0.25) is 0 Å². The molecule has 12 nitrogen and oxygen atoms in total. The molecule has 2 atom stereocenters. The number of piperazine rings is 1. The van der Waals surface area contributed by atoms with Gasteiger partial charge in [0.25, 0.3) is 0 Å². The van der Waals surface area contributed by atoms with Crippen LogP contribution in [-0.4, -0.2) is 110 Å². The van der Waals surface area contributed by atoms with E-state index >= 15 is 8.78 Å². The normalized spacial score (nSPS) is 21.0. The molecule has 0 spiro atoms. The first-order chi connectivity index (χ1) is 29.9. The Morgan fingerprint density at radius 3 is 2.32 bits per heavy atom. The number of piperidine rings is 1. The van der Waals surface area contributed by atoms with Crippen molar-refractivity contribution in [1.29, 1.82) is 0 Å². The molecule has 3 aromatic carbocycles. The Bertz CT molecular complexity index is 2630. The second kappa shape index (κ2) is 17.3. The summed E-state index contributed by atoms with van der Waals surface area (Å²) in [5.74, 6) is -3.02. The molecule has 2 aromatic heterocycles. The minimum Gasteiger partial charge on any atom is -0.372 e. The molecule has 0 bridgehead atoms. The fourth-order valence-electron chi connectivity index (χ4n) is 9.39. The average Bonchev–Trinajstić information content (AvgIpc) is 3.92. The number of pyridine rings is 1. The Balaban J connectivity index is 0.799. The fourth-order valence-corrected chi connectivity index (χ4v) is 10.7. The number of benzene rings is 3. The van der Waals surface area contributed by atoms with Crippen LogP contribution >= 0.6 is 0 Å². The number of halogens is 3. The fraction of sp³-hybridized carbons (Fsp3) is 0.391. The van der Waals surface area contributed by atoms with Crippen molar-refractivity contribution in [2.24, 2.45) is 5.92 Å². The molecule has 4 aliphatic rings. The van der Waals surface area contributed by atoms with Gasteiger partial charge in [-0.1, -0.05) is 24.3 Å². The summed E-state index contributed by atoms with van der Waals surface area (Å²) in [4.78, 5) is 52.8. The van der Waals surface area contributed by atoms with E-state index in [1.54, 1.807) is 12.3 Å². The molecule has 9 rings (SSSR count). The Morgan fingerprint density at radius 2 is 1.60 bits per heavy atom. The smallest absolute Gasteiger partial charge is 0.301 e. The van der Waals surface area contributed by atoms with Crippen LogP contribution in [0.15, 0.2) is 79.1 Å². The number of ketones is 3. The number of aromatic nitrogens is 2. The number of fused-ring (bicyclic) bond motifs is 1. The maximum absolute atomic E-state index is 15.7. The van der Waals surface area contributed by atoms with Crippen LogP contribution < -0.4 is 14.5 Å². The highest BCUT2D eigenvalue weighted by atomic mass is 32.2. The highest BCUT2D eigenvalue weighted by molar-refractivity contribution is 7.90. The molecule has 1 unspecified atom stereocenters. The average molecular weight is 868 g/mol. The van der Waals surface area contributed by atoms with E-state index in [1.807, 2.05) is 29.0 Å². The molecule has 3 saturated heterocycles. The van der Waals surface area contributed by atoms with Crippen molar-refractivity contribution in [1.82, 2.24) is 19.2 Å². The summed E-state index contributed by atoms with van der Waals surface area (Å²) >= 11 is 0. The van der Waals surface area contributed by atoms with Gasteiger partial charge in [-0.05, 0) is 85.2 Å². The van der Waals surface area contributed by atoms with Gasteiger partial charge in [-0.15, -0.1) is 0 Å². The quantitative estimate of drug-likeness (QED) is 0.108. The highest BCUT2D eigenvalue weighted by Crippen LogP contribution is 2.34. The van der Waals surface area contributed by atoms with Crippen molar-refractivity contribution in [2.45, 2.75) is 50.6 Å². The summed E-state index contributed by atoms with van der Waals surface area (Å²) in [7, 11) is -4.35. The van der Waals surface area contributed by atoms with Crippen LogP contribution in [0.1, 0.15) is 65.9 Å². The molecule has 4 fully saturated rings. The van der Waals surface area contributed by atoms with Gasteiger partial charge in [0.1, 0.15) is 29.2 Å². The number of H-pyrrole nitrogens is 1. The number of carbonyl (C=O) groups is 3. The minimum absolute atomic E-state index is 0.00910. The number of Topliss-reactive ketones (excluding diaryl/α,β-unsaturated/α-hetero) is 2. The van der Waals surface area contributed by atoms with Crippen LogP contribution in [0.25, 0.3) is 22.2 Å². The van der Waals surface area contributed by atoms with E-state index in [1.165, 1.54) is 6.20 Å². The van der Waals surface area contributed by atoms with Gasteiger partial charge in [0.15, 0.2) is 5.82 Å².